The third-order valence-electron chi connectivity index (χ3n) is 6.23. The van der Waals surface area contributed by atoms with Gasteiger partial charge in [0.25, 0.3) is 0 Å². The van der Waals surface area contributed by atoms with Crippen molar-refractivity contribution in [1.29, 1.82) is 0 Å². The molecule has 0 aliphatic heterocycles. The van der Waals surface area contributed by atoms with E-state index in [0.29, 0.717) is 22.5 Å². The third-order valence-corrected chi connectivity index (χ3v) is 8.32. The number of sulfonamides is 1. The van der Waals surface area contributed by atoms with Crippen molar-refractivity contribution < 1.29 is 26.3 Å². The van der Waals surface area contributed by atoms with E-state index in [9.17, 15) is 21.6 Å². The van der Waals surface area contributed by atoms with Crippen LogP contribution in [0.3, 0.4) is 0 Å². The fourth-order valence-corrected chi connectivity index (χ4v) is 4.73. The van der Waals surface area contributed by atoms with Crippen LogP contribution in [0.1, 0.15) is 52.3 Å². The molecule has 10 heteroatoms. The van der Waals surface area contributed by atoms with Gasteiger partial charge < -0.3 is 9.30 Å². The number of anilines is 1. The molecule has 0 amide bonds. The van der Waals surface area contributed by atoms with Crippen LogP contribution >= 0.6 is 0 Å². The monoisotopic (exact) mass is 495 g/mol. The first-order chi connectivity index (χ1) is 15.8. The SMILES string of the molecule is Cc1nc(NS(=O)(=O)C(C)(C)C)ccc1-c1cc2cc(F)c(OC(F)F)cc2n1[C@@H](C)C1CC1. The number of aromatic nitrogens is 2. The first kappa shape index (κ1) is 24.4. The van der Waals surface area contributed by atoms with Gasteiger partial charge in [-0.3, -0.25) is 4.72 Å². The second kappa shape index (κ2) is 8.48. The molecule has 2 aromatic heterocycles. The molecule has 1 atom stereocenters. The molecule has 0 radical (unpaired) electrons. The van der Waals surface area contributed by atoms with Crippen molar-refractivity contribution in [3.05, 3.63) is 41.8 Å². The molecule has 3 aromatic rings. The molecule has 0 bridgehead atoms. The predicted octanol–water partition coefficient (Wildman–Crippen LogP) is 6.26. The van der Waals surface area contributed by atoms with Crippen molar-refractivity contribution in [3.8, 4) is 17.0 Å². The number of aryl methyl sites for hydroxylation is 1. The number of ether oxygens (including phenoxy) is 1. The van der Waals surface area contributed by atoms with Gasteiger partial charge in [-0.1, -0.05) is 0 Å². The van der Waals surface area contributed by atoms with E-state index >= 15 is 0 Å². The van der Waals surface area contributed by atoms with Gasteiger partial charge in [0.1, 0.15) is 5.82 Å². The van der Waals surface area contributed by atoms with Crippen LogP contribution < -0.4 is 9.46 Å². The molecule has 0 unspecified atom stereocenters. The molecular formula is C24H28F3N3O3S. The summed E-state index contributed by atoms with van der Waals surface area (Å²) >= 11 is 0. The van der Waals surface area contributed by atoms with Gasteiger partial charge >= 0.3 is 6.61 Å². The van der Waals surface area contributed by atoms with E-state index in [0.717, 1.165) is 24.1 Å². The second-order valence-corrected chi connectivity index (χ2v) is 12.2. The molecule has 2 heterocycles. The molecule has 1 aromatic carbocycles. The maximum Gasteiger partial charge on any atom is 0.387 e. The summed E-state index contributed by atoms with van der Waals surface area (Å²) in [6.07, 6.45) is 2.10. The highest BCUT2D eigenvalue weighted by Gasteiger charge is 2.32. The number of fused-ring (bicyclic) bond motifs is 1. The Balaban J connectivity index is 1.83. The van der Waals surface area contributed by atoms with Crippen LogP contribution in [0.5, 0.6) is 5.75 Å². The summed E-state index contributed by atoms with van der Waals surface area (Å²) in [7, 11) is -3.64. The fraction of sp³-hybridized carbons (Fsp3) is 0.458. The third kappa shape index (κ3) is 4.60. The minimum absolute atomic E-state index is 0.0378. The van der Waals surface area contributed by atoms with Gasteiger partial charge in [-0.15, -0.1) is 0 Å². The predicted molar refractivity (Wildman–Crippen MR) is 126 cm³/mol. The van der Waals surface area contributed by atoms with Crippen molar-refractivity contribution >= 4 is 26.7 Å². The van der Waals surface area contributed by atoms with Crippen LogP contribution in [0.25, 0.3) is 22.2 Å². The average molecular weight is 496 g/mol. The van der Waals surface area contributed by atoms with Gasteiger partial charge in [0.2, 0.25) is 10.0 Å². The summed E-state index contributed by atoms with van der Waals surface area (Å²) in [4.78, 5) is 4.45. The molecule has 0 saturated heterocycles. The Bertz CT molecular complexity index is 1340. The van der Waals surface area contributed by atoms with E-state index < -0.39 is 32.9 Å². The molecule has 1 N–H and O–H groups in total. The van der Waals surface area contributed by atoms with E-state index in [1.165, 1.54) is 12.1 Å². The van der Waals surface area contributed by atoms with Gasteiger partial charge in [0.15, 0.2) is 11.6 Å². The maximum atomic E-state index is 14.4. The molecular weight excluding hydrogens is 467 g/mol. The van der Waals surface area contributed by atoms with Crippen molar-refractivity contribution in [1.82, 2.24) is 9.55 Å². The number of alkyl halides is 2. The van der Waals surface area contributed by atoms with E-state index in [1.807, 2.05) is 11.5 Å². The van der Waals surface area contributed by atoms with Gasteiger partial charge in [0, 0.05) is 28.8 Å². The van der Waals surface area contributed by atoms with Crippen molar-refractivity contribution in [2.24, 2.45) is 5.92 Å². The summed E-state index contributed by atoms with van der Waals surface area (Å²) in [6, 6.07) is 7.69. The van der Waals surface area contributed by atoms with Gasteiger partial charge in [-0.05, 0) is 77.6 Å². The average Bonchev–Trinajstić information content (AvgIpc) is 3.49. The van der Waals surface area contributed by atoms with Gasteiger partial charge in [-0.25, -0.2) is 17.8 Å². The summed E-state index contributed by atoms with van der Waals surface area (Å²) in [5, 5.41) is 0.554. The first-order valence-electron chi connectivity index (χ1n) is 11.1. The number of pyridine rings is 1. The van der Waals surface area contributed by atoms with Crippen LogP contribution in [0, 0.1) is 18.7 Å². The number of halogens is 3. The Hall–Kier alpha value is -2.75. The van der Waals surface area contributed by atoms with Crippen LogP contribution in [-0.2, 0) is 10.0 Å². The highest BCUT2D eigenvalue weighted by atomic mass is 32.2. The lowest BCUT2D eigenvalue weighted by Crippen LogP contribution is -2.34. The molecule has 6 nitrogen and oxygen atoms in total. The summed E-state index contributed by atoms with van der Waals surface area (Å²) < 4.78 is 73.0. The zero-order valence-corrected chi connectivity index (χ0v) is 20.5. The summed E-state index contributed by atoms with van der Waals surface area (Å²) in [5.74, 6) is -0.742. The second-order valence-electron chi connectivity index (χ2n) is 9.74. The minimum atomic E-state index is -3.64. The molecule has 184 valence electrons. The quantitative estimate of drug-likeness (QED) is 0.420. The highest BCUT2D eigenvalue weighted by molar-refractivity contribution is 7.94. The number of hydrogen-bond acceptors (Lipinski definition) is 4. The molecule has 1 aliphatic rings. The van der Waals surface area contributed by atoms with E-state index in [1.54, 1.807) is 45.9 Å². The number of rotatable bonds is 7. The summed E-state index contributed by atoms with van der Waals surface area (Å²) in [6.45, 7) is 5.47. The standard InChI is InChI=1S/C24H28F3N3O3S/c1-13-17(8-9-22(28-13)29-34(31,32)24(3,4)5)20-11-16-10-18(25)21(33-23(26)27)12-19(16)30(20)14(2)15-6-7-15/h8-12,14-15,23H,6-7H2,1-5H3,(H,28,29)/t14-/m0/s1. The Labute approximate surface area is 197 Å². The Kier molecular flexibility index (Phi) is 6.08. The zero-order valence-electron chi connectivity index (χ0n) is 19.7. The van der Waals surface area contributed by atoms with Gasteiger partial charge in [0.05, 0.1) is 16.0 Å². The Morgan fingerprint density at radius 3 is 2.41 bits per heavy atom. The Morgan fingerprint density at radius 1 is 1.18 bits per heavy atom. The molecule has 1 fully saturated rings. The maximum absolute atomic E-state index is 14.4. The molecule has 1 saturated carbocycles. The number of nitrogens with one attached hydrogen (secondary N) is 1. The zero-order chi connectivity index (χ0) is 25.0. The van der Waals surface area contributed by atoms with Crippen LogP contribution in [-0.4, -0.2) is 29.3 Å². The summed E-state index contributed by atoms with van der Waals surface area (Å²) in [5.41, 5.74) is 2.64. The largest absolute Gasteiger partial charge is 0.432 e. The minimum Gasteiger partial charge on any atom is -0.432 e. The van der Waals surface area contributed by atoms with E-state index in [2.05, 4.69) is 14.4 Å². The normalized spacial score (nSPS) is 15.7. The lowest BCUT2D eigenvalue weighted by atomic mass is 10.1. The van der Waals surface area contributed by atoms with E-state index in [4.69, 9.17) is 0 Å². The van der Waals surface area contributed by atoms with Crippen LogP contribution in [0.15, 0.2) is 30.3 Å². The van der Waals surface area contributed by atoms with Crippen molar-refractivity contribution in [2.45, 2.75) is 64.9 Å². The van der Waals surface area contributed by atoms with Crippen molar-refractivity contribution in [3.63, 3.8) is 0 Å². The number of nitrogens with zero attached hydrogens (tertiary/aromatic N) is 2. The highest BCUT2D eigenvalue weighted by Crippen LogP contribution is 2.45. The lowest BCUT2D eigenvalue weighted by molar-refractivity contribution is -0.0520. The molecule has 4 rings (SSSR count). The van der Waals surface area contributed by atoms with Crippen molar-refractivity contribution in [2.75, 3.05) is 4.72 Å². The molecule has 34 heavy (non-hydrogen) atoms. The van der Waals surface area contributed by atoms with Gasteiger partial charge in [-0.2, -0.15) is 8.78 Å². The number of benzene rings is 1. The van der Waals surface area contributed by atoms with Crippen LogP contribution in [0.4, 0.5) is 19.0 Å². The van der Waals surface area contributed by atoms with Crippen LogP contribution in [0.2, 0.25) is 0 Å². The smallest absolute Gasteiger partial charge is 0.387 e. The molecule has 0 spiro atoms. The Morgan fingerprint density at radius 2 is 1.85 bits per heavy atom. The fourth-order valence-electron chi connectivity index (χ4n) is 4.03. The van der Waals surface area contributed by atoms with E-state index in [-0.39, 0.29) is 11.9 Å². The topological polar surface area (TPSA) is 73.2 Å². The first-order valence-corrected chi connectivity index (χ1v) is 12.6. The number of hydrogen-bond donors (Lipinski definition) is 1. The lowest BCUT2D eigenvalue weighted by Gasteiger charge is -2.21. The molecule has 1 aliphatic carbocycles.